The number of rotatable bonds is 7. The van der Waals surface area contributed by atoms with Crippen molar-refractivity contribution in [3.05, 3.63) is 36.3 Å². The molecule has 2 aromatic heterocycles. The van der Waals surface area contributed by atoms with Crippen LogP contribution in [0.15, 0.2) is 30.6 Å². The van der Waals surface area contributed by atoms with Gasteiger partial charge in [-0.3, -0.25) is 14.4 Å². The number of ether oxygens (including phenoxy) is 1. The molecule has 3 amide bonds. The molecule has 0 atom stereocenters. The fourth-order valence-corrected chi connectivity index (χ4v) is 4.69. The lowest BCUT2D eigenvalue weighted by atomic mass is 9.81. The number of para-hydroxylation sites is 1. The molecule has 1 aliphatic carbocycles. The highest BCUT2D eigenvalue weighted by Crippen LogP contribution is 2.38. The van der Waals surface area contributed by atoms with E-state index in [1.807, 2.05) is 10.2 Å². The molecule has 188 valence electrons. The molecule has 1 saturated carbocycles. The van der Waals surface area contributed by atoms with Crippen LogP contribution in [0.3, 0.4) is 0 Å². The maximum absolute atomic E-state index is 13.2. The van der Waals surface area contributed by atoms with Crippen LogP contribution in [0.2, 0.25) is 0 Å². The van der Waals surface area contributed by atoms with E-state index in [1.165, 1.54) is 18.1 Å². The van der Waals surface area contributed by atoms with Gasteiger partial charge in [-0.05, 0) is 30.9 Å². The average molecular weight is 495 g/mol. The zero-order valence-corrected chi connectivity index (χ0v) is 20.2. The molecule has 36 heavy (non-hydrogen) atoms. The minimum absolute atomic E-state index is 0.148. The molecule has 0 bridgehead atoms. The maximum atomic E-state index is 13.2. The summed E-state index contributed by atoms with van der Waals surface area (Å²) in [6, 6.07) is 6.81. The predicted molar refractivity (Wildman–Crippen MR) is 133 cm³/mol. The fourth-order valence-electron chi connectivity index (χ4n) is 4.69. The molecular formula is C24H29N9O3. The van der Waals surface area contributed by atoms with Crippen molar-refractivity contribution in [1.82, 2.24) is 35.2 Å². The lowest BCUT2D eigenvalue weighted by Crippen LogP contribution is -2.46. The fraction of sp³-hybridized carbons (Fsp3) is 0.417. The topological polar surface area (TPSA) is 130 Å². The second-order valence-electron chi connectivity index (χ2n) is 9.03. The summed E-state index contributed by atoms with van der Waals surface area (Å²) in [5.41, 5.74) is 0.936. The molecule has 0 unspecified atom stereocenters. The van der Waals surface area contributed by atoms with Crippen molar-refractivity contribution < 1.29 is 18.4 Å². The molecular weight excluding hydrogens is 462 g/mol. The Morgan fingerprint density at radius 2 is 2.06 bits per heavy atom. The highest BCUT2D eigenvalue weighted by molar-refractivity contribution is 6.00. The Morgan fingerprint density at radius 3 is 2.75 bits per heavy atom. The highest BCUT2D eigenvalue weighted by Gasteiger charge is 2.40. The molecule has 1 aliphatic heterocycles. The number of nitrogens with one attached hydrogen (secondary N) is 2. The summed E-state index contributed by atoms with van der Waals surface area (Å²) in [5.74, 6) is 0.711. The molecule has 0 spiro atoms. The second-order valence-corrected chi connectivity index (χ2v) is 9.03. The number of urea groups is 1. The SMILES string of the molecule is [2H]C([2H])([2H])NC(=O)c1nnc(N2CCN(C3CC(C)C3)C2=O)cc1Nc1cccc(-c2ncn(C)n2)c1OC. The molecule has 1 saturated heterocycles. The average Bonchev–Trinajstić information content (AvgIpc) is 3.46. The summed E-state index contributed by atoms with van der Waals surface area (Å²) in [4.78, 5) is 33.7. The lowest BCUT2D eigenvalue weighted by Gasteiger charge is -2.39. The van der Waals surface area contributed by atoms with Crippen molar-refractivity contribution in [2.24, 2.45) is 13.0 Å². The van der Waals surface area contributed by atoms with E-state index in [9.17, 15) is 9.59 Å². The Morgan fingerprint density at radius 1 is 1.22 bits per heavy atom. The van der Waals surface area contributed by atoms with Crippen molar-refractivity contribution in [2.75, 3.05) is 37.4 Å². The molecule has 2 N–H and O–H groups in total. The number of hydrogen-bond donors (Lipinski definition) is 2. The first-order valence-corrected chi connectivity index (χ1v) is 11.6. The third kappa shape index (κ3) is 4.18. The number of anilines is 3. The van der Waals surface area contributed by atoms with Gasteiger partial charge < -0.3 is 20.3 Å². The summed E-state index contributed by atoms with van der Waals surface area (Å²) in [6.07, 6.45) is 3.49. The third-order valence-corrected chi connectivity index (χ3v) is 6.55. The van der Waals surface area contributed by atoms with Crippen LogP contribution in [0.25, 0.3) is 11.4 Å². The molecule has 5 rings (SSSR count). The van der Waals surface area contributed by atoms with Crippen LogP contribution in [-0.2, 0) is 7.05 Å². The maximum Gasteiger partial charge on any atom is 0.326 e. The number of benzene rings is 1. The summed E-state index contributed by atoms with van der Waals surface area (Å²) in [5, 5.41) is 17.6. The van der Waals surface area contributed by atoms with Crippen LogP contribution in [0.4, 0.5) is 22.0 Å². The molecule has 0 radical (unpaired) electrons. The molecule has 3 heterocycles. The second kappa shape index (κ2) is 9.44. The Kier molecular flexibility index (Phi) is 5.25. The Labute approximate surface area is 212 Å². The minimum Gasteiger partial charge on any atom is -0.494 e. The monoisotopic (exact) mass is 494 g/mol. The van der Waals surface area contributed by atoms with Crippen molar-refractivity contribution in [1.29, 1.82) is 0 Å². The number of carbonyl (C=O) groups excluding carboxylic acids is 2. The van der Waals surface area contributed by atoms with Gasteiger partial charge in [-0.15, -0.1) is 10.2 Å². The lowest BCUT2D eigenvalue weighted by molar-refractivity contribution is 0.0958. The van der Waals surface area contributed by atoms with Gasteiger partial charge in [-0.2, -0.15) is 5.10 Å². The number of carbonyl (C=O) groups is 2. The van der Waals surface area contributed by atoms with Gasteiger partial charge in [0, 0.05) is 43.3 Å². The molecule has 2 aliphatic rings. The van der Waals surface area contributed by atoms with E-state index < -0.39 is 12.9 Å². The van der Waals surface area contributed by atoms with E-state index in [0.717, 1.165) is 12.8 Å². The summed E-state index contributed by atoms with van der Waals surface area (Å²) >= 11 is 0. The number of methoxy groups -OCH3 is 1. The largest absolute Gasteiger partial charge is 0.494 e. The molecule has 1 aromatic carbocycles. The normalized spacial score (nSPS) is 20.9. The van der Waals surface area contributed by atoms with Crippen LogP contribution in [0, 0.1) is 5.92 Å². The number of hydrogen-bond acceptors (Lipinski definition) is 8. The van der Waals surface area contributed by atoms with Crippen LogP contribution in [0.1, 0.15) is 34.4 Å². The van der Waals surface area contributed by atoms with E-state index in [0.29, 0.717) is 41.8 Å². The van der Waals surface area contributed by atoms with Crippen LogP contribution in [0.5, 0.6) is 5.75 Å². The summed E-state index contributed by atoms with van der Waals surface area (Å²) < 4.78 is 29.5. The van der Waals surface area contributed by atoms with Gasteiger partial charge in [-0.25, -0.2) is 9.78 Å². The molecule has 3 aromatic rings. The first-order valence-electron chi connectivity index (χ1n) is 13.1. The quantitative estimate of drug-likeness (QED) is 0.512. The van der Waals surface area contributed by atoms with Crippen molar-refractivity contribution >= 4 is 29.1 Å². The van der Waals surface area contributed by atoms with E-state index in [-0.39, 0.29) is 29.3 Å². The van der Waals surface area contributed by atoms with Crippen molar-refractivity contribution in [2.45, 2.75) is 25.8 Å². The summed E-state index contributed by atoms with van der Waals surface area (Å²) in [6.45, 7) is 0.411. The predicted octanol–water partition coefficient (Wildman–Crippen LogP) is 2.42. The Bertz CT molecular complexity index is 1400. The highest BCUT2D eigenvalue weighted by atomic mass is 16.5. The zero-order chi connectivity index (χ0) is 27.9. The van der Waals surface area contributed by atoms with Gasteiger partial charge in [0.15, 0.2) is 23.1 Å². The number of nitrogens with zero attached hydrogens (tertiary/aromatic N) is 7. The third-order valence-electron chi connectivity index (χ3n) is 6.55. The van der Waals surface area contributed by atoms with E-state index in [2.05, 4.69) is 32.5 Å². The van der Waals surface area contributed by atoms with Gasteiger partial charge in [0.25, 0.3) is 5.91 Å². The van der Waals surface area contributed by atoms with E-state index in [4.69, 9.17) is 8.85 Å². The number of amides is 3. The number of aryl methyl sites for hydroxylation is 1. The van der Waals surface area contributed by atoms with Gasteiger partial charge in [0.1, 0.15) is 6.33 Å². The molecule has 12 heteroatoms. The Balaban J connectivity index is 1.51. The molecule has 12 nitrogen and oxygen atoms in total. The van der Waals surface area contributed by atoms with Crippen molar-refractivity contribution in [3.8, 4) is 17.1 Å². The van der Waals surface area contributed by atoms with Crippen LogP contribution in [-0.4, -0.2) is 75.0 Å². The molecule has 2 fully saturated rings. The summed E-state index contributed by atoms with van der Waals surface area (Å²) in [7, 11) is 3.24. The van der Waals surface area contributed by atoms with Gasteiger partial charge in [0.05, 0.1) is 24.0 Å². The zero-order valence-electron chi connectivity index (χ0n) is 23.2. The number of aromatic nitrogens is 5. The smallest absolute Gasteiger partial charge is 0.326 e. The standard InChI is InChI=1S/C24H29N9O3/c1-14-10-15(11-14)32-8-9-33(24(32)35)19-12-18(20(29-28-19)23(34)25-2)27-17-7-5-6-16(21(17)36-4)22-26-13-31(3)30-22/h5-7,12-15H,8-11H2,1-4H3,(H,25,34)(H,27,28)/i2D3. The van der Waals surface area contributed by atoms with Crippen LogP contribution >= 0.6 is 0 Å². The van der Waals surface area contributed by atoms with E-state index >= 15 is 0 Å². The van der Waals surface area contributed by atoms with Gasteiger partial charge in [-0.1, -0.05) is 13.0 Å². The van der Waals surface area contributed by atoms with Gasteiger partial charge >= 0.3 is 6.03 Å². The van der Waals surface area contributed by atoms with E-state index in [1.54, 1.807) is 36.3 Å². The Hall–Kier alpha value is -4.22. The first-order chi connectivity index (χ1) is 18.5. The first kappa shape index (κ1) is 20.0. The van der Waals surface area contributed by atoms with Crippen molar-refractivity contribution in [3.63, 3.8) is 0 Å². The van der Waals surface area contributed by atoms with Gasteiger partial charge in [0.2, 0.25) is 0 Å². The minimum atomic E-state index is -2.73. The van der Waals surface area contributed by atoms with Crippen LogP contribution < -0.4 is 20.3 Å².